The van der Waals surface area contributed by atoms with Crippen LogP contribution >= 0.6 is 0 Å². The SMILES string of the molecule is Cc1cccc(-c2nnc([C@@H](C)[NH+]3CCN(c4ncccn4)CC3)o2)c1. The first kappa shape index (κ1) is 16.7. The normalized spacial score (nSPS) is 16.6. The molecule has 4 rings (SSSR count). The summed E-state index contributed by atoms with van der Waals surface area (Å²) in [5, 5.41) is 8.54. The summed E-state index contributed by atoms with van der Waals surface area (Å²) >= 11 is 0. The van der Waals surface area contributed by atoms with Crippen LogP contribution < -0.4 is 9.80 Å². The highest BCUT2D eigenvalue weighted by Gasteiger charge is 2.30. The standard InChI is InChI=1S/C19H22N6O/c1-14-5-3-6-16(13-14)18-23-22-17(26-18)15(2)24-9-11-25(12-10-24)19-20-7-4-8-21-19/h3-8,13,15H,9-12H2,1-2H3/p+1/t15-/m1/s1. The Morgan fingerprint density at radius 3 is 2.58 bits per heavy atom. The minimum atomic E-state index is 0.167. The van der Waals surface area contributed by atoms with E-state index in [9.17, 15) is 0 Å². The third-order valence-electron chi connectivity index (χ3n) is 4.93. The van der Waals surface area contributed by atoms with Gasteiger partial charge in [0.25, 0.3) is 5.89 Å². The number of rotatable bonds is 4. The quantitative estimate of drug-likeness (QED) is 0.764. The van der Waals surface area contributed by atoms with Crippen LogP contribution in [0.4, 0.5) is 5.95 Å². The molecule has 0 radical (unpaired) electrons. The molecule has 134 valence electrons. The molecular formula is C19H23N6O+. The van der Waals surface area contributed by atoms with Crippen LogP contribution in [-0.2, 0) is 0 Å². The van der Waals surface area contributed by atoms with Crippen molar-refractivity contribution in [1.82, 2.24) is 20.2 Å². The van der Waals surface area contributed by atoms with Gasteiger partial charge in [-0.25, -0.2) is 9.97 Å². The lowest BCUT2D eigenvalue weighted by Gasteiger charge is -2.34. The summed E-state index contributed by atoms with van der Waals surface area (Å²) in [5.74, 6) is 2.09. The van der Waals surface area contributed by atoms with Gasteiger partial charge >= 0.3 is 0 Å². The summed E-state index contributed by atoms with van der Waals surface area (Å²) in [7, 11) is 0. The van der Waals surface area contributed by atoms with E-state index in [1.807, 2.05) is 18.2 Å². The average Bonchev–Trinajstić information content (AvgIpc) is 3.18. The van der Waals surface area contributed by atoms with Crippen molar-refractivity contribution in [2.75, 3.05) is 31.1 Å². The number of hydrogen-bond acceptors (Lipinski definition) is 6. The van der Waals surface area contributed by atoms with Crippen LogP contribution in [0, 0.1) is 6.92 Å². The van der Waals surface area contributed by atoms with Gasteiger partial charge in [0, 0.05) is 18.0 Å². The molecule has 3 aromatic rings. The van der Waals surface area contributed by atoms with Crippen molar-refractivity contribution in [3.8, 4) is 11.5 Å². The molecule has 0 aliphatic carbocycles. The summed E-state index contributed by atoms with van der Waals surface area (Å²) in [6.45, 7) is 8.02. The van der Waals surface area contributed by atoms with E-state index in [-0.39, 0.29) is 6.04 Å². The monoisotopic (exact) mass is 351 g/mol. The lowest BCUT2D eigenvalue weighted by atomic mass is 10.1. The lowest BCUT2D eigenvalue weighted by molar-refractivity contribution is -0.931. The maximum Gasteiger partial charge on any atom is 0.274 e. The molecule has 26 heavy (non-hydrogen) atoms. The van der Waals surface area contributed by atoms with E-state index in [1.165, 1.54) is 10.5 Å². The molecule has 0 bridgehead atoms. The van der Waals surface area contributed by atoms with Crippen LogP contribution in [0.2, 0.25) is 0 Å². The molecule has 1 aliphatic rings. The number of aromatic nitrogens is 4. The number of piperazine rings is 1. The topological polar surface area (TPSA) is 72.4 Å². The van der Waals surface area contributed by atoms with Gasteiger partial charge in [0.15, 0.2) is 6.04 Å². The van der Waals surface area contributed by atoms with Crippen molar-refractivity contribution in [3.05, 3.63) is 54.2 Å². The van der Waals surface area contributed by atoms with Crippen molar-refractivity contribution < 1.29 is 9.32 Å². The summed E-state index contributed by atoms with van der Waals surface area (Å²) in [5.41, 5.74) is 2.15. The number of nitrogens with zero attached hydrogens (tertiary/aromatic N) is 5. The predicted molar refractivity (Wildman–Crippen MR) is 97.8 cm³/mol. The number of aryl methyl sites for hydroxylation is 1. The summed E-state index contributed by atoms with van der Waals surface area (Å²) in [4.78, 5) is 12.3. The zero-order valence-electron chi connectivity index (χ0n) is 15.1. The Bertz CT molecular complexity index is 857. The Morgan fingerprint density at radius 2 is 1.85 bits per heavy atom. The summed E-state index contributed by atoms with van der Waals surface area (Å²) in [6.07, 6.45) is 3.57. The molecule has 2 aromatic heterocycles. The van der Waals surface area contributed by atoms with Gasteiger partial charge in [0.1, 0.15) is 0 Å². The van der Waals surface area contributed by atoms with E-state index in [2.05, 4.69) is 51.0 Å². The first-order valence-corrected chi connectivity index (χ1v) is 8.97. The fraction of sp³-hybridized carbons (Fsp3) is 0.368. The number of benzene rings is 1. The van der Waals surface area contributed by atoms with Crippen LogP contribution in [0.3, 0.4) is 0 Å². The summed E-state index contributed by atoms with van der Waals surface area (Å²) in [6, 6.07) is 10.1. The van der Waals surface area contributed by atoms with Crippen LogP contribution in [-0.4, -0.2) is 46.3 Å². The number of quaternary nitrogens is 1. The fourth-order valence-corrected chi connectivity index (χ4v) is 3.36. The van der Waals surface area contributed by atoms with E-state index in [0.717, 1.165) is 37.7 Å². The smallest absolute Gasteiger partial charge is 0.274 e. The Morgan fingerprint density at radius 1 is 1.08 bits per heavy atom. The average molecular weight is 351 g/mol. The maximum absolute atomic E-state index is 5.97. The highest BCUT2D eigenvalue weighted by Crippen LogP contribution is 2.20. The molecular weight excluding hydrogens is 328 g/mol. The Labute approximate surface area is 152 Å². The minimum absolute atomic E-state index is 0.167. The van der Waals surface area contributed by atoms with Gasteiger partial charge in [-0.3, -0.25) is 0 Å². The Kier molecular flexibility index (Phi) is 4.62. The highest BCUT2D eigenvalue weighted by molar-refractivity contribution is 5.53. The number of anilines is 1. The zero-order valence-corrected chi connectivity index (χ0v) is 15.1. The van der Waals surface area contributed by atoms with Crippen molar-refractivity contribution in [2.24, 2.45) is 0 Å². The van der Waals surface area contributed by atoms with E-state index in [4.69, 9.17) is 4.42 Å². The van der Waals surface area contributed by atoms with Crippen molar-refractivity contribution in [3.63, 3.8) is 0 Å². The van der Waals surface area contributed by atoms with Crippen LogP contribution in [0.25, 0.3) is 11.5 Å². The number of hydrogen-bond donors (Lipinski definition) is 1. The van der Waals surface area contributed by atoms with E-state index < -0.39 is 0 Å². The molecule has 1 aromatic carbocycles. The highest BCUT2D eigenvalue weighted by atomic mass is 16.4. The second-order valence-electron chi connectivity index (χ2n) is 6.73. The van der Waals surface area contributed by atoms with Gasteiger partial charge in [0.05, 0.1) is 26.2 Å². The van der Waals surface area contributed by atoms with Crippen LogP contribution in [0.1, 0.15) is 24.4 Å². The minimum Gasteiger partial charge on any atom is -0.415 e. The molecule has 1 saturated heterocycles. The molecule has 1 aliphatic heterocycles. The van der Waals surface area contributed by atoms with Crippen molar-refractivity contribution in [1.29, 1.82) is 0 Å². The molecule has 0 spiro atoms. The second kappa shape index (κ2) is 7.21. The Hall–Kier alpha value is -2.80. The zero-order chi connectivity index (χ0) is 17.9. The molecule has 3 heterocycles. The van der Waals surface area contributed by atoms with Crippen LogP contribution in [0.5, 0.6) is 0 Å². The van der Waals surface area contributed by atoms with Crippen LogP contribution in [0.15, 0.2) is 47.1 Å². The van der Waals surface area contributed by atoms with E-state index in [1.54, 1.807) is 12.4 Å². The molecule has 7 nitrogen and oxygen atoms in total. The van der Waals surface area contributed by atoms with E-state index >= 15 is 0 Å². The largest absolute Gasteiger partial charge is 0.415 e. The first-order valence-electron chi connectivity index (χ1n) is 8.97. The van der Waals surface area contributed by atoms with Gasteiger partial charge in [-0.2, -0.15) is 0 Å². The van der Waals surface area contributed by atoms with Gasteiger partial charge in [0.2, 0.25) is 11.8 Å². The molecule has 1 N–H and O–H groups in total. The predicted octanol–water partition coefficient (Wildman–Crippen LogP) is 1.30. The summed E-state index contributed by atoms with van der Waals surface area (Å²) < 4.78 is 5.97. The van der Waals surface area contributed by atoms with Gasteiger partial charge < -0.3 is 14.2 Å². The third kappa shape index (κ3) is 3.43. The van der Waals surface area contributed by atoms with E-state index in [0.29, 0.717) is 11.8 Å². The fourth-order valence-electron chi connectivity index (χ4n) is 3.36. The van der Waals surface area contributed by atoms with Gasteiger partial charge in [-0.05, 0) is 32.0 Å². The molecule has 1 fully saturated rings. The number of nitrogens with one attached hydrogen (secondary N) is 1. The lowest BCUT2D eigenvalue weighted by Crippen LogP contribution is -3.14. The van der Waals surface area contributed by atoms with Crippen molar-refractivity contribution >= 4 is 5.95 Å². The molecule has 7 heteroatoms. The molecule has 0 saturated carbocycles. The second-order valence-corrected chi connectivity index (χ2v) is 6.73. The molecule has 0 amide bonds. The van der Waals surface area contributed by atoms with Gasteiger partial charge in [-0.1, -0.05) is 17.7 Å². The van der Waals surface area contributed by atoms with Crippen molar-refractivity contribution in [2.45, 2.75) is 19.9 Å². The Balaban J connectivity index is 1.42. The molecule has 0 unspecified atom stereocenters. The maximum atomic E-state index is 5.97. The molecule has 1 atom stereocenters. The first-order chi connectivity index (χ1) is 12.7. The van der Waals surface area contributed by atoms with Gasteiger partial charge in [-0.15, -0.1) is 10.2 Å². The third-order valence-corrected chi connectivity index (χ3v) is 4.93.